The van der Waals surface area contributed by atoms with Crippen molar-refractivity contribution in [1.82, 2.24) is 0 Å². The van der Waals surface area contributed by atoms with E-state index in [-0.39, 0.29) is 22.9 Å². The Kier molecular flexibility index (Phi) is 3.66. The van der Waals surface area contributed by atoms with Crippen LogP contribution in [0.4, 0.5) is 4.39 Å². The molecule has 82 valence electrons. The van der Waals surface area contributed by atoms with E-state index in [9.17, 15) is 9.18 Å². The Hall–Kier alpha value is -1.13. The molecule has 3 nitrogen and oxygen atoms in total. The predicted molar refractivity (Wildman–Crippen MR) is 56.1 cm³/mol. The number of hydrogen-bond donors (Lipinski definition) is 1. The maximum Gasteiger partial charge on any atom is 0.181 e. The fraction of sp³-hybridized carbons (Fsp3) is 0.300. The fourth-order valence-corrected chi connectivity index (χ4v) is 1.60. The highest BCUT2D eigenvalue weighted by Crippen LogP contribution is 2.32. The topological polar surface area (TPSA) is 52.3 Å². The molecule has 0 aromatic heterocycles. The van der Waals surface area contributed by atoms with E-state index < -0.39 is 11.6 Å². The molecule has 1 aromatic rings. The lowest BCUT2D eigenvalue weighted by molar-refractivity contribution is 0.0998. The number of ether oxygens (including phenoxy) is 1. The summed E-state index contributed by atoms with van der Waals surface area (Å²) >= 11 is 5.69. The van der Waals surface area contributed by atoms with Gasteiger partial charge in [-0.05, 0) is 18.6 Å². The Morgan fingerprint density at radius 3 is 2.73 bits per heavy atom. The van der Waals surface area contributed by atoms with Gasteiger partial charge in [-0.15, -0.1) is 0 Å². The molecule has 1 rings (SSSR count). The summed E-state index contributed by atoms with van der Waals surface area (Å²) < 4.78 is 18.3. The molecule has 0 spiro atoms. The molecular weight excluding hydrogens is 221 g/mol. The van der Waals surface area contributed by atoms with E-state index in [0.717, 1.165) is 0 Å². The zero-order valence-corrected chi connectivity index (χ0v) is 9.19. The Morgan fingerprint density at radius 1 is 1.67 bits per heavy atom. The number of rotatable bonds is 3. The SMILES string of the molecule is COc1c(C)cc(F)c(Cl)c1C(=O)CN. The zero-order valence-electron chi connectivity index (χ0n) is 8.43. The quantitative estimate of drug-likeness (QED) is 0.809. The van der Waals surface area contributed by atoms with E-state index in [1.807, 2.05) is 0 Å². The molecule has 0 bridgehead atoms. The number of methoxy groups -OCH3 is 1. The van der Waals surface area contributed by atoms with Gasteiger partial charge in [0.2, 0.25) is 0 Å². The average Bonchev–Trinajstić information content (AvgIpc) is 2.21. The van der Waals surface area contributed by atoms with Gasteiger partial charge in [0, 0.05) is 0 Å². The van der Waals surface area contributed by atoms with Gasteiger partial charge in [0.1, 0.15) is 11.6 Å². The summed E-state index contributed by atoms with van der Waals surface area (Å²) in [4.78, 5) is 11.5. The van der Waals surface area contributed by atoms with Gasteiger partial charge in [0.15, 0.2) is 5.78 Å². The van der Waals surface area contributed by atoms with E-state index in [0.29, 0.717) is 5.56 Å². The number of halogens is 2. The smallest absolute Gasteiger partial charge is 0.181 e. The molecule has 0 radical (unpaired) electrons. The normalized spacial score (nSPS) is 10.2. The number of nitrogens with two attached hydrogens (primary N) is 1. The minimum Gasteiger partial charge on any atom is -0.496 e. The summed E-state index contributed by atoms with van der Waals surface area (Å²) in [5.41, 5.74) is 5.73. The third kappa shape index (κ3) is 2.11. The van der Waals surface area contributed by atoms with Crippen LogP contribution in [0.2, 0.25) is 5.02 Å². The van der Waals surface area contributed by atoms with Crippen LogP contribution in [-0.4, -0.2) is 19.4 Å². The number of hydrogen-bond acceptors (Lipinski definition) is 3. The molecule has 0 saturated carbocycles. The van der Waals surface area contributed by atoms with Crippen molar-refractivity contribution in [3.8, 4) is 5.75 Å². The van der Waals surface area contributed by atoms with Gasteiger partial charge in [0.05, 0.1) is 24.2 Å². The first-order chi connectivity index (χ1) is 7.02. The van der Waals surface area contributed by atoms with E-state index >= 15 is 0 Å². The van der Waals surface area contributed by atoms with Crippen LogP contribution in [-0.2, 0) is 0 Å². The molecule has 0 unspecified atom stereocenters. The van der Waals surface area contributed by atoms with Crippen molar-refractivity contribution in [3.63, 3.8) is 0 Å². The van der Waals surface area contributed by atoms with Crippen LogP contribution >= 0.6 is 11.6 Å². The minimum atomic E-state index is -0.647. The van der Waals surface area contributed by atoms with Gasteiger partial charge < -0.3 is 10.5 Å². The highest BCUT2D eigenvalue weighted by molar-refractivity contribution is 6.34. The van der Waals surface area contributed by atoms with Gasteiger partial charge >= 0.3 is 0 Å². The van der Waals surface area contributed by atoms with Crippen molar-refractivity contribution in [2.45, 2.75) is 6.92 Å². The second-order valence-corrected chi connectivity index (χ2v) is 3.40. The molecule has 0 aliphatic rings. The summed E-state index contributed by atoms with van der Waals surface area (Å²) in [5.74, 6) is -0.817. The summed E-state index contributed by atoms with van der Waals surface area (Å²) in [6.07, 6.45) is 0. The summed E-state index contributed by atoms with van der Waals surface area (Å²) in [6.45, 7) is 1.39. The number of ketones is 1. The number of Topliss-reactive ketones (excluding diaryl/α,β-unsaturated/α-hetero) is 1. The van der Waals surface area contributed by atoms with E-state index in [1.54, 1.807) is 6.92 Å². The molecule has 0 atom stereocenters. The molecule has 0 aliphatic heterocycles. The highest BCUT2D eigenvalue weighted by atomic mass is 35.5. The van der Waals surface area contributed by atoms with E-state index in [1.165, 1.54) is 13.2 Å². The van der Waals surface area contributed by atoms with Crippen LogP contribution in [0.5, 0.6) is 5.75 Å². The van der Waals surface area contributed by atoms with E-state index in [4.69, 9.17) is 22.1 Å². The van der Waals surface area contributed by atoms with E-state index in [2.05, 4.69) is 0 Å². The van der Waals surface area contributed by atoms with Gasteiger partial charge in [-0.25, -0.2) is 4.39 Å². The number of carbonyl (C=O) groups is 1. The molecule has 0 aliphatic carbocycles. The van der Waals surface area contributed by atoms with Crippen molar-refractivity contribution in [1.29, 1.82) is 0 Å². The van der Waals surface area contributed by atoms with Gasteiger partial charge in [-0.1, -0.05) is 11.6 Å². The van der Waals surface area contributed by atoms with Crippen LogP contribution in [0.15, 0.2) is 6.07 Å². The lowest BCUT2D eigenvalue weighted by Gasteiger charge is -2.12. The molecule has 0 heterocycles. The fourth-order valence-electron chi connectivity index (χ4n) is 1.35. The largest absolute Gasteiger partial charge is 0.496 e. The molecule has 0 amide bonds. The minimum absolute atomic E-state index is 0.0131. The number of carbonyl (C=O) groups excluding carboxylic acids is 1. The lowest BCUT2D eigenvalue weighted by atomic mass is 10.1. The second kappa shape index (κ2) is 4.59. The van der Waals surface area contributed by atoms with Gasteiger partial charge in [-0.2, -0.15) is 0 Å². The second-order valence-electron chi connectivity index (χ2n) is 3.02. The monoisotopic (exact) mass is 231 g/mol. The van der Waals surface area contributed by atoms with Crippen molar-refractivity contribution in [2.24, 2.45) is 5.73 Å². The maximum atomic E-state index is 13.3. The molecule has 0 saturated heterocycles. The Morgan fingerprint density at radius 2 is 2.27 bits per heavy atom. The number of aryl methyl sites for hydroxylation is 1. The lowest BCUT2D eigenvalue weighted by Crippen LogP contribution is -2.16. The first-order valence-electron chi connectivity index (χ1n) is 4.28. The third-order valence-corrected chi connectivity index (χ3v) is 2.40. The highest BCUT2D eigenvalue weighted by Gasteiger charge is 2.20. The first-order valence-corrected chi connectivity index (χ1v) is 4.66. The Bertz CT molecular complexity index is 407. The predicted octanol–water partition coefficient (Wildman–Crippen LogP) is 1.94. The average molecular weight is 232 g/mol. The molecule has 15 heavy (non-hydrogen) atoms. The number of benzene rings is 1. The van der Waals surface area contributed by atoms with Crippen molar-refractivity contribution >= 4 is 17.4 Å². The molecule has 0 fully saturated rings. The summed E-state index contributed by atoms with van der Waals surface area (Å²) in [5, 5.41) is -0.243. The van der Waals surface area contributed by atoms with Crippen LogP contribution < -0.4 is 10.5 Å². The maximum absolute atomic E-state index is 13.3. The molecule has 5 heteroatoms. The summed E-state index contributed by atoms with van der Waals surface area (Å²) in [6, 6.07) is 1.22. The van der Waals surface area contributed by atoms with Crippen LogP contribution in [0, 0.1) is 12.7 Å². The first kappa shape index (κ1) is 11.9. The molecular formula is C10H11ClFNO2. The third-order valence-electron chi connectivity index (χ3n) is 2.03. The molecule has 2 N–H and O–H groups in total. The van der Waals surface area contributed by atoms with Gasteiger partial charge in [0.25, 0.3) is 0 Å². The molecule has 1 aromatic carbocycles. The standard InChI is InChI=1S/C10H11ClFNO2/c1-5-3-6(12)9(11)8(7(14)4-13)10(5)15-2/h3H,4,13H2,1-2H3. The zero-order chi connectivity index (χ0) is 11.6. The Labute approximate surface area is 92.0 Å². The van der Waals surface area contributed by atoms with Crippen molar-refractivity contribution in [3.05, 3.63) is 28.0 Å². The van der Waals surface area contributed by atoms with Crippen LogP contribution in [0.3, 0.4) is 0 Å². The van der Waals surface area contributed by atoms with Crippen LogP contribution in [0.1, 0.15) is 15.9 Å². The Balaban J connectivity index is 3.50. The van der Waals surface area contributed by atoms with Crippen LogP contribution in [0.25, 0.3) is 0 Å². The van der Waals surface area contributed by atoms with Crippen molar-refractivity contribution < 1.29 is 13.9 Å². The van der Waals surface area contributed by atoms with Crippen molar-refractivity contribution in [2.75, 3.05) is 13.7 Å². The summed E-state index contributed by atoms with van der Waals surface area (Å²) in [7, 11) is 1.39. The van der Waals surface area contributed by atoms with Gasteiger partial charge in [-0.3, -0.25) is 4.79 Å².